The van der Waals surface area contributed by atoms with Crippen LogP contribution in [0.3, 0.4) is 0 Å². The topological polar surface area (TPSA) is 59.3 Å². The number of anilines is 1. The molecule has 5 nitrogen and oxygen atoms in total. The van der Waals surface area contributed by atoms with Gasteiger partial charge in [0.2, 0.25) is 0 Å². The van der Waals surface area contributed by atoms with Crippen molar-refractivity contribution in [1.29, 1.82) is 0 Å². The number of benzene rings is 1. The molecule has 0 atom stereocenters. The maximum Gasteiger partial charge on any atom is 0.255 e. The predicted octanol–water partition coefficient (Wildman–Crippen LogP) is 4.27. The summed E-state index contributed by atoms with van der Waals surface area (Å²) in [5.74, 6) is 0.651. The van der Waals surface area contributed by atoms with Crippen molar-refractivity contribution in [3.63, 3.8) is 0 Å². The fraction of sp³-hybridized carbons (Fsp3) is 0.0500. The molecule has 1 amide bonds. The molecule has 0 bridgehead atoms. The van der Waals surface area contributed by atoms with Crippen molar-refractivity contribution < 1.29 is 4.79 Å². The second-order valence-corrected chi connectivity index (χ2v) is 6.75. The molecule has 4 aromatic rings. The van der Waals surface area contributed by atoms with Crippen molar-refractivity contribution >= 4 is 29.0 Å². The number of thioether (sulfide) groups is 1. The number of imidazole rings is 1. The van der Waals surface area contributed by atoms with Gasteiger partial charge in [0.25, 0.3) is 5.91 Å². The van der Waals surface area contributed by atoms with Gasteiger partial charge >= 0.3 is 0 Å². The average Bonchev–Trinajstić information content (AvgIpc) is 3.10. The van der Waals surface area contributed by atoms with Crippen molar-refractivity contribution in [1.82, 2.24) is 14.4 Å². The Hall–Kier alpha value is -3.12. The normalized spacial score (nSPS) is 10.8. The summed E-state index contributed by atoms with van der Waals surface area (Å²) in [6.07, 6.45) is 7.33. The Bertz CT molecular complexity index is 996. The summed E-state index contributed by atoms with van der Waals surface area (Å²) in [5.41, 5.74) is 3.33. The molecule has 128 valence electrons. The van der Waals surface area contributed by atoms with E-state index in [9.17, 15) is 4.79 Å². The van der Waals surface area contributed by atoms with E-state index < -0.39 is 0 Å². The first-order valence-electron chi connectivity index (χ1n) is 8.15. The molecular weight excluding hydrogens is 344 g/mol. The molecule has 0 aliphatic carbocycles. The molecule has 6 heteroatoms. The van der Waals surface area contributed by atoms with E-state index in [1.165, 1.54) is 0 Å². The highest BCUT2D eigenvalue weighted by atomic mass is 32.2. The van der Waals surface area contributed by atoms with Crippen molar-refractivity contribution in [2.45, 2.75) is 10.6 Å². The highest BCUT2D eigenvalue weighted by Gasteiger charge is 2.07. The Labute approximate surface area is 155 Å². The van der Waals surface area contributed by atoms with Crippen LogP contribution in [0.15, 0.2) is 84.3 Å². The number of carbonyl (C=O) groups is 1. The molecule has 0 radical (unpaired) electrons. The van der Waals surface area contributed by atoms with E-state index in [1.807, 2.05) is 59.3 Å². The molecule has 3 aromatic heterocycles. The third-order valence-electron chi connectivity index (χ3n) is 3.86. The zero-order valence-electron chi connectivity index (χ0n) is 13.9. The fourth-order valence-electron chi connectivity index (χ4n) is 2.56. The molecule has 1 aromatic carbocycles. The quantitative estimate of drug-likeness (QED) is 0.540. The van der Waals surface area contributed by atoms with Gasteiger partial charge in [0.05, 0.1) is 5.69 Å². The maximum atomic E-state index is 12.3. The monoisotopic (exact) mass is 360 g/mol. The molecule has 0 spiro atoms. The minimum Gasteiger partial charge on any atom is -0.322 e. The van der Waals surface area contributed by atoms with E-state index in [1.54, 1.807) is 36.3 Å². The molecule has 1 N–H and O–H groups in total. The molecule has 0 saturated heterocycles. The number of amides is 1. The minimum atomic E-state index is -0.131. The van der Waals surface area contributed by atoms with Crippen molar-refractivity contribution in [3.05, 3.63) is 90.6 Å². The van der Waals surface area contributed by atoms with Gasteiger partial charge in [0.1, 0.15) is 5.65 Å². The number of aromatic nitrogens is 3. The summed E-state index contributed by atoms with van der Waals surface area (Å²) >= 11 is 1.70. The molecule has 0 saturated carbocycles. The van der Waals surface area contributed by atoms with Crippen LogP contribution in [0.4, 0.5) is 5.69 Å². The third kappa shape index (κ3) is 3.75. The van der Waals surface area contributed by atoms with Crippen molar-refractivity contribution in [3.8, 4) is 0 Å². The number of pyridine rings is 2. The second-order valence-electron chi connectivity index (χ2n) is 5.70. The molecule has 3 heterocycles. The minimum absolute atomic E-state index is 0.131. The van der Waals surface area contributed by atoms with Crippen LogP contribution in [0.25, 0.3) is 5.65 Å². The largest absolute Gasteiger partial charge is 0.322 e. The van der Waals surface area contributed by atoms with E-state index in [0.29, 0.717) is 5.56 Å². The van der Waals surface area contributed by atoms with Crippen LogP contribution in [0, 0.1) is 0 Å². The van der Waals surface area contributed by atoms with Gasteiger partial charge in [-0.15, -0.1) is 11.8 Å². The number of hydrogen-bond acceptors (Lipinski definition) is 4. The zero-order valence-corrected chi connectivity index (χ0v) is 14.7. The molecule has 0 aliphatic rings. The molecule has 0 aliphatic heterocycles. The number of hydrogen-bond donors (Lipinski definition) is 1. The van der Waals surface area contributed by atoms with Crippen LogP contribution in [0.2, 0.25) is 0 Å². The Morgan fingerprint density at radius 1 is 1.04 bits per heavy atom. The lowest BCUT2D eigenvalue weighted by atomic mass is 10.2. The van der Waals surface area contributed by atoms with Crippen LogP contribution in [0.1, 0.15) is 16.1 Å². The maximum absolute atomic E-state index is 12.3. The average molecular weight is 360 g/mol. The third-order valence-corrected chi connectivity index (χ3v) is 4.90. The molecule has 0 fully saturated rings. The van der Waals surface area contributed by atoms with Gasteiger partial charge in [-0.05, 0) is 48.5 Å². The van der Waals surface area contributed by atoms with Crippen LogP contribution in [-0.2, 0) is 5.75 Å². The van der Waals surface area contributed by atoms with Crippen LogP contribution in [0.5, 0.6) is 0 Å². The van der Waals surface area contributed by atoms with Crippen LogP contribution >= 0.6 is 11.8 Å². The van der Waals surface area contributed by atoms with Gasteiger partial charge in [0.15, 0.2) is 0 Å². The Morgan fingerprint density at radius 3 is 2.62 bits per heavy atom. The summed E-state index contributed by atoms with van der Waals surface area (Å²) in [6.45, 7) is 0. The van der Waals surface area contributed by atoms with Gasteiger partial charge in [-0.2, -0.15) is 0 Å². The highest BCUT2D eigenvalue weighted by molar-refractivity contribution is 7.98. The first-order valence-corrected chi connectivity index (χ1v) is 9.13. The zero-order chi connectivity index (χ0) is 17.8. The van der Waals surface area contributed by atoms with E-state index in [2.05, 4.69) is 15.3 Å². The van der Waals surface area contributed by atoms with E-state index in [-0.39, 0.29) is 5.91 Å². The molecule has 0 unspecified atom stereocenters. The first-order chi connectivity index (χ1) is 12.8. The lowest BCUT2D eigenvalue weighted by Crippen LogP contribution is -2.11. The van der Waals surface area contributed by atoms with E-state index in [0.717, 1.165) is 27.7 Å². The smallest absolute Gasteiger partial charge is 0.255 e. The standard InChI is InChI=1S/C20H16N4OS/c25-20(23-16-8-10-21-11-9-16)15-4-6-18(7-5-15)26-14-17-13-24-12-2-1-3-19(24)22-17/h1-13H,14H2,(H,21,23,25). The van der Waals surface area contributed by atoms with Gasteiger partial charge in [-0.25, -0.2) is 4.98 Å². The predicted molar refractivity (Wildman–Crippen MR) is 103 cm³/mol. The SMILES string of the molecule is O=C(Nc1ccncc1)c1ccc(SCc2cn3ccccc3n2)cc1. The summed E-state index contributed by atoms with van der Waals surface area (Å²) in [5, 5.41) is 2.85. The Morgan fingerprint density at radius 2 is 1.85 bits per heavy atom. The Balaban J connectivity index is 1.38. The summed E-state index contributed by atoms with van der Waals surface area (Å²) in [6, 6.07) is 17.1. The van der Waals surface area contributed by atoms with Crippen LogP contribution in [-0.4, -0.2) is 20.3 Å². The van der Waals surface area contributed by atoms with Gasteiger partial charge < -0.3 is 9.72 Å². The van der Waals surface area contributed by atoms with Crippen molar-refractivity contribution in [2.75, 3.05) is 5.32 Å². The number of fused-ring (bicyclic) bond motifs is 1. The van der Waals surface area contributed by atoms with Gasteiger partial charge in [0, 0.05) is 46.7 Å². The van der Waals surface area contributed by atoms with Gasteiger partial charge in [-0.1, -0.05) is 6.07 Å². The first kappa shape index (κ1) is 16.4. The fourth-order valence-corrected chi connectivity index (χ4v) is 3.34. The molecule has 26 heavy (non-hydrogen) atoms. The van der Waals surface area contributed by atoms with Crippen LogP contribution < -0.4 is 5.32 Å². The molecule has 4 rings (SSSR count). The highest BCUT2D eigenvalue weighted by Crippen LogP contribution is 2.23. The molecular formula is C20H16N4OS. The Kier molecular flexibility index (Phi) is 4.66. The van der Waals surface area contributed by atoms with Crippen molar-refractivity contribution in [2.24, 2.45) is 0 Å². The second kappa shape index (κ2) is 7.41. The summed E-state index contributed by atoms with van der Waals surface area (Å²) in [4.78, 5) is 21.9. The number of rotatable bonds is 5. The van der Waals surface area contributed by atoms with E-state index >= 15 is 0 Å². The number of nitrogens with one attached hydrogen (secondary N) is 1. The summed E-state index contributed by atoms with van der Waals surface area (Å²) in [7, 11) is 0. The van der Waals surface area contributed by atoms with E-state index in [4.69, 9.17) is 0 Å². The number of nitrogens with zero attached hydrogens (tertiary/aromatic N) is 3. The number of carbonyl (C=O) groups excluding carboxylic acids is 1. The summed E-state index contributed by atoms with van der Waals surface area (Å²) < 4.78 is 2.02. The lowest BCUT2D eigenvalue weighted by molar-refractivity contribution is 0.102. The lowest BCUT2D eigenvalue weighted by Gasteiger charge is -2.05. The van der Waals surface area contributed by atoms with Gasteiger partial charge in [-0.3, -0.25) is 9.78 Å².